The Labute approximate surface area is 91.3 Å². The standard InChI is InChI=1S/C11H8ClNO2/c1-6-9(11(14)15)4-7-2-3-8(12)5-10(7)13-6/h2-5H,1H3,(H,14,15). The molecule has 0 atom stereocenters. The number of carbonyl (C=O) groups is 1. The summed E-state index contributed by atoms with van der Waals surface area (Å²) in [4.78, 5) is 15.1. The Morgan fingerprint density at radius 2 is 2.13 bits per heavy atom. The number of aryl methyl sites for hydroxylation is 1. The summed E-state index contributed by atoms with van der Waals surface area (Å²) in [7, 11) is 0. The quantitative estimate of drug-likeness (QED) is 0.806. The summed E-state index contributed by atoms with van der Waals surface area (Å²) in [6, 6.07) is 6.80. The molecule has 0 aliphatic carbocycles. The largest absolute Gasteiger partial charge is 0.478 e. The van der Waals surface area contributed by atoms with E-state index in [2.05, 4.69) is 4.98 Å². The van der Waals surface area contributed by atoms with Crippen molar-refractivity contribution in [3.8, 4) is 0 Å². The van der Waals surface area contributed by atoms with Crippen molar-refractivity contribution in [3.05, 3.63) is 40.5 Å². The Morgan fingerprint density at radius 3 is 2.80 bits per heavy atom. The first-order valence-electron chi connectivity index (χ1n) is 4.38. The van der Waals surface area contributed by atoms with Gasteiger partial charge in [-0.15, -0.1) is 0 Å². The van der Waals surface area contributed by atoms with Crippen LogP contribution in [-0.4, -0.2) is 16.1 Å². The minimum Gasteiger partial charge on any atom is -0.478 e. The van der Waals surface area contributed by atoms with Gasteiger partial charge in [-0.05, 0) is 25.1 Å². The molecule has 76 valence electrons. The summed E-state index contributed by atoms with van der Waals surface area (Å²) in [6.07, 6.45) is 0. The SMILES string of the molecule is Cc1nc2cc(Cl)ccc2cc1C(=O)O. The van der Waals surface area contributed by atoms with E-state index < -0.39 is 5.97 Å². The molecule has 2 rings (SSSR count). The van der Waals surface area contributed by atoms with Crippen molar-refractivity contribution in [2.24, 2.45) is 0 Å². The van der Waals surface area contributed by atoms with Crippen LogP contribution >= 0.6 is 11.6 Å². The summed E-state index contributed by atoms with van der Waals surface area (Å²) in [5, 5.41) is 10.3. The highest BCUT2D eigenvalue weighted by Crippen LogP contribution is 2.20. The van der Waals surface area contributed by atoms with Gasteiger partial charge in [0.25, 0.3) is 0 Å². The number of nitrogens with zero attached hydrogens (tertiary/aromatic N) is 1. The number of halogens is 1. The lowest BCUT2D eigenvalue weighted by Gasteiger charge is -2.03. The highest BCUT2D eigenvalue weighted by atomic mass is 35.5. The maximum atomic E-state index is 10.9. The fourth-order valence-corrected chi connectivity index (χ4v) is 1.62. The van der Waals surface area contributed by atoms with Gasteiger partial charge < -0.3 is 5.11 Å². The molecule has 0 amide bonds. The monoisotopic (exact) mass is 221 g/mol. The van der Waals surface area contributed by atoms with Crippen LogP contribution in [-0.2, 0) is 0 Å². The van der Waals surface area contributed by atoms with Crippen LogP contribution in [0.2, 0.25) is 5.02 Å². The molecule has 2 aromatic rings. The van der Waals surface area contributed by atoms with Crippen LogP contribution in [0.5, 0.6) is 0 Å². The van der Waals surface area contributed by atoms with Crippen molar-refractivity contribution >= 4 is 28.5 Å². The molecule has 0 aliphatic heterocycles. The van der Waals surface area contributed by atoms with E-state index in [9.17, 15) is 4.79 Å². The van der Waals surface area contributed by atoms with Crippen LogP contribution in [0.4, 0.5) is 0 Å². The molecule has 15 heavy (non-hydrogen) atoms. The first-order valence-corrected chi connectivity index (χ1v) is 4.76. The minimum absolute atomic E-state index is 0.227. The van der Waals surface area contributed by atoms with Crippen LogP contribution in [0.15, 0.2) is 24.3 Å². The molecular formula is C11H8ClNO2. The molecule has 0 unspecified atom stereocenters. The smallest absolute Gasteiger partial charge is 0.337 e. The maximum Gasteiger partial charge on any atom is 0.337 e. The van der Waals surface area contributed by atoms with Crippen LogP contribution in [0.3, 0.4) is 0 Å². The molecule has 0 saturated carbocycles. The van der Waals surface area contributed by atoms with E-state index in [4.69, 9.17) is 16.7 Å². The number of hydrogen-bond acceptors (Lipinski definition) is 2. The van der Waals surface area contributed by atoms with Gasteiger partial charge >= 0.3 is 5.97 Å². The van der Waals surface area contributed by atoms with E-state index in [1.165, 1.54) is 0 Å². The Morgan fingerprint density at radius 1 is 1.40 bits per heavy atom. The third kappa shape index (κ3) is 1.78. The number of carboxylic acid groups (broad SMARTS) is 1. The summed E-state index contributed by atoms with van der Waals surface area (Å²) in [6.45, 7) is 1.67. The van der Waals surface area contributed by atoms with E-state index >= 15 is 0 Å². The first kappa shape index (κ1) is 9.93. The van der Waals surface area contributed by atoms with Gasteiger partial charge in [0.2, 0.25) is 0 Å². The number of rotatable bonds is 1. The second kappa shape index (κ2) is 3.51. The average Bonchev–Trinajstić information content (AvgIpc) is 2.15. The lowest BCUT2D eigenvalue weighted by atomic mass is 10.1. The summed E-state index contributed by atoms with van der Waals surface area (Å²) in [5.41, 5.74) is 1.44. The normalized spacial score (nSPS) is 10.5. The molecule has 0 radical (unpaired) electrons. The molecular weight excluding hydrogens is 214 g/mol. The topological polar surface area (TPSA) is 50.2 Å². The number of pyridine rings is 1. The van der Waals surface area contributed by atoms with Crippen LogP contribution in [0.25, 0.3) is 10.9 Å². The second-order valence-electron chi connectivity index (χ2n) is 3.26. The van der Waals surface area contributed by atoms with Crippen molar-refractivity contribution in [2.75, 3.05) is 0 Å². The predicted octanol–water partition coefficient (Wildman–Crippen LogP) is 2.89. The van der Waals surface area contributed by atoms with E-state index in [0.29, 0.717) is 16.2 Å². The molecule has 0 spiro atoms. The van der Waals surface area contributed by atoms with E-state index in [0.717, 1.165) is 5.39 Å². The van der Waals surface area contributed by atoms with Crippen LogP contribution < -0.4 is 0 Å². The van der Waals surface area contributed by atoms with Gasteiger partial charge in [-0.25, -0.2) is 4.79 Å². The summed E-state index contributed by atoms with van der Waals surface area (Å²) in [5.74, 6) is -0.961. The molecule has 1 aromatic heterocycles. The number of carboxylic acids is 1. The Kier molecular flexibility index (Phi) is 2.32. The van der Waals surface area contributed by atoms with E-state index in [-0.39, 0.29) is 5.56 Å². The highest BCUT2D eigenvalue weighted by molar-refractivity contribution is 6.31. The zero-order valence-electron chi connectivity index (χ0n) is 7.99. The molecule has 0 saturated heterocycles. The molecule has 0 aliphatic rings. The fourth-order valence-electron chi connectivity index (χ4n) is 1.45. The van der Waals surface area contributed by atoms with Gasteiger partial charge in [0.15, 0.2) is 0 Å². The first-order chi connectivity index (χ1) is 7.08. The third-order valence-electron chi connectivity index (χ3n) is 2.20. The molecule has 1 aromatic carbocycles. The number of fused-ring (bicyclic) bond motifs is 1. The molecule has 4 heteroatoms. The van der Waals surface area contributed by atoms with Gasteiger partial charge in [0, 0.05) is 10.4 Å². The molecule has 1 heterocycles. The molecule has 0 fully saturated rings. The minimum atomic E-state index is -0.961. The van der Waals surface area contributed by atoms with Crippen molar-refractivity contribution in [3.63, 3.8) is 0 Å². The highest BCUT2D eigenvalue weighted by Gasteiger charge is 2.09. The Bertz CT molecular complexity index is 552. The van der Waals surface area contributed by atoms with Crippen LogP contribution in [0.1, 0.15) is 16.1 Å². The third-order valence-corrected chi connectivity index (χ3v) is 2.44. The van der Waals surface area contributed by atoms with Crippen molar-refractivity contribution in [1.82, 2.24) is 4.98 Å². The van der Waals surface area contributed by atoms with Crippen molar-refractivity contribution in [1.29, 1.82) is 0 Å². The fraction of sp³-hybridized carbons (Fsp3) is 0.0909. The van der Waals surface area contributed by atoms with Gasteiger partial charge in [-0.3, -0.25) is 4.98 Å². The van der Waals surface area contributed by atoms with Gasteiger partial charge in [-0.2, -0.15) is 0 Å². The van der Waals surface area contributed by atoms with E-state index in [1.54, 1.807) is 31.2 Å². The molecule has 1 N–H and O–H groups in total. The predicted molar refractivity (Wildman–Crippen MR) is 58.4 cm³/mol. The lowest BCUT2D eigenvalue weighted by Crippen LogP contribution is -2.01. The zero-order valence-corrected chi connectivity index (χ0v) is 8.75. The van der Waals surface area contributed by atoms with Gasteiger partial charge in [-0.1, -0.05) is 17.7 Å². The van der Waals surface area contributed by atoms with Crippen LogP contribution in [0, 0.1) is 6.92 Å². The van der Waals surface area contributed by atoms with Crippen molar-refractivity contribution < 1.29 is 9.90 Å². The number of benzene rings is 1. The average molecular weight is 222 g/mol. The number of aromatic nitrogens is 1. The number of hydrogen-bond donors (Lipinski definition) is 1. The van der Waals surface area contributed by atoms with Crippen molar-refractivity contribution in [2.45, 2.75) is 6.92 Å². The summed E-state index contributed by atoms with van der Waals surface area (Å²) < 4.78 is 0. The molecule has 3 nitrogen and oxygen atoms in total. The molecule has 0 bridgehead atoms. The Hall–Kier alpha value is -1.61. The lowest BCUT2D eigenvalue weighted by molar-refractivity contribution is 0.0696. The zero-order chi connectivity index (χ0) is 11.0. The Balaban J connectivity index is 2.76. The maximum absolute atomic E-state index is 10.9. The van der Waals surface area contributed by atoms with Gasteiger partial charge in [0.05, 0.1) is 16.8 Å². The second-order valence-corrected chi connectivity index (χ2v) is 3.70. The summed E-state index contributed by atoms with van der Waals surface area (Å²) >= 11 is 5.82. The van der Waals surface area contributed by atoms with Gasteiger partial charge in [0.1, 0.15) is 0 Å². The number of aromatic carboxylic acids is 1. The van der Waals surface area contributed by atoms with E-state index in [1.807, 2.05) is 0 Å².